The Morgan fingerprint density at radius 2 is 1.95 bits per heavy atom. The zero-order chi connectivity index (χ0) is 15.6. The second-order valence-electron chi connectivity index (χ2n) is 4.31. The first-order valence-electron chi connectivity index (χ1n) is 5.88. The lowest BCUT2D eigenvalue weighted by molar-refractivity contribution is 0.0692. The van der Waals surface area contributed by atoms with E-state index in [2.05, 4.69) is 21.2 Å². The number of halogens is 3. The van der Waals surface area contributed by atoms with Crippen molar-refractivity contribution in [3.63, 3.8) is 0 Å². The molecule has 0 bridgehead atoms. The summed E-state index contributed by atoms with van der Waals surface area (Å²) in [5.74, 6) is -2.72. The third kappa shape index (κ3) is 3.49. The molecule has 0 amide bonds. The van der Waals surface area contributed by atoms with Crippen molar-refractivity contribution in [3.8, 4) is 0 Å². The van der Waals surface area contributed by atoms with E-state index in [9.17, 15) is 13.6 Å². The van der Waals surface area contributed by atoms with Crippen LogP contribution in [0.1, 0.15) is 15.9 Å². The average molecular weight is 357 g/mol. The lowest BCUT2D eigenvalue weighted by atomic mass is 10.1. The number of nitrogens with one attached hydrogen (secondary N) is 1. The van der Waals surface area contributed by atoms with Crippen LogP contribution >= 0.6 is 15.9 Å². The van der Waals surface area contributed by atoms with Gasteiger partial charge in [-0.1, -0.05) is 15.9 Å². The van der Waals surface area contributed by atoms with Gasteiger partial charge in [-0.2, -0.15) is 0 Å². The van der Waals surface area contributed by atoms with Crippen molar-refractivity contribution in [2.75, 3.05) is 11.1 Å². The molecule has 0 heterocycles. The van der Waals surface area contributed by atoms with E-state index in [1.54, 1.807) is 12.1 Å². The summed E-state index contributed by atoms with van der Waals surface area (Å²) in [4.78, 5) is 10.8. The molecule has 0 aromatic heterocycles. The van der Waals surface area contributed by atoms with Crippen molar-refractivity contribution in [1.29, 1.82) is 0 Å². The van der Waals surface area contributed by atoms with E-state index in [1.165, 1.54) is 6.07 Å². The number of carbonyl (C=O) groups is 1. The highest BCUT2D eigenvalue weighted by molar-refractivity contribution is 9.10. The van der Waals surface area contributed by atoms with E-state index < -0.39 is 23.2 Å². The highest BCUT2D eigenvalue weighted by Crippen LogP contribution is 2.24. The number of nitrogens with two attached hydrogens (primary N) is 1. The molecular formula is C14H11BrF2N2O2. The summed E-state index contributed by atoms with van der Waals surface area (Å²) in [6.45, 7) is 0.0847. The number of hydrogen-bond donors (Lipinski definition) is 3. The minimum Gasteiger partial charge on any atom is -0.478 e. The van der Waals surface area contributed by atoms with E-state index >= 15 is 0 Å². The monoisotopic (exact) mass is 356 g/mol. The minimum atomic E-state index is -1.40. The summed E-state index contributed by atoms with van der Waals surface area (Å²) in [5, 5.41) is 11.6. The standard InChI is InChI=1S/C14H11BrF2N2O2/c15-8-1-2-10(16)7(3-8)6-19-13-5-11(17)9(14(20)21)4-12(13)18/h1-5,19H,6,18H2,(H,20,21). The van der Waals surface area contributed by atoms with Gasteiger partial charge in [0.1, 0.15) is 11.6 Å². The molecule has 0 unspecified atom stereocenters. The molecule has 4 nitrogen and oxygen atoms in total. The number of rotatable bonds is 4. The molecule has 0 saturated carbocycles. The zero-order valence-electron chi connectivity index (χ0n) is 10.7. The van der Waals surface area contributed by atoms with E-state index in [-0.39, 0.29) is 17.9 Å². The number of carboxylic acid groups (broad SMARTS) is 1. The predicted molar refractivity (Wildman–Crippen MR) is 79.2 cm³/mol. The van der Waals surface area contributed by atoms with Crippen LogP contribution in [0.4, 0.5) is 20.2 Å². The molecule has 0 fully saturated rings. The fraction of sp³-hybridized carbons (Fsp3) is 0.0714. The molecule has 0 saturated heterocycles. The molecule has 2 aromatic rings. The van der Waals surface area contributed by atoms with Crippen molar-refractivity contribution in [1.82, 2.24) is 0 Å². The maximum absolute atomic E-state index is 13.6. The SMILES string of the molecule is Nc1cc(C(=O)O)c(F)cc1NCc1cc(Br)ccc1F. The lowest BCUT2D eigenvalue weighted by Crippen LogP contribution is -2.08. The van der Waals surface area contributed by atoms with Crippen LogP contribution in [0.3, 0.4) is 0 Å². The Kier molecular flexibility index (Phi) is 4.42. The molecule has 110 valence electrons. The first-order chi connectivity index (χ1) is 9.88. The second-order valence-corrected chi connectivity index (χ2v) is 5.23. The first-order valence-corrected chi connectivity index (χ1v) is 6.68. The number of aromatic carboxylic acids is 1. The van der Waals surface area contributed by atoms with Gasteiger partial charge in [-0.05, 0) is 30.3 Å². The summed E-state index contributed by atoms with van der Waals surface area (Å²) in [5.41, 5.74) is 5.80. The molecular weight excluding hydrogens is 346 g/mol. The largest absolute Gasteiger partial charge is 0.478 e. The Balaban J connectivity index is 2.22. The van der Waals surface area contributed by atoms with Crippen LogP contribution in [0, 0.1) is 11.6 Å². The van der Waals surface area contributed by atoms with E-state index in [0.29, 0.717) is 10.0 Å². The summed E-state index contributed by atoms with van der Waals surface area (Å²) < 4.78 is 27.9. The lowest BCUT2D eigenvalue weighted by Gasteiger charge is -2.11. The van der Waals surface area contributed by atoms with Gasteiger partial charge in [-0.3, -0.25) is 0 Å². The van der Waals surface area contributed by atoms with Crippen LogP contribution in [0.2, 0.25) is 0 Å². The highest BCUT2D eigenvalue weighted by Gasteiger charge is 2.14. The second kappa shape index (κ2) is 6.09. The Bertz CT molecular complexity index is 708. The van der Waals surface area contributed by atoms with Gasteiger partial charge < -0.3 is 16.2 Å². The number of nitrogen functional groups attached to an aromatic ring is 1. The summed E-state index contributed by atoms with van der Waals surface area (Å²) in [6, 6.07) is 6.46. The maximum atomic E-state index is 13.6. The summed E-state index contributed by atoms with van der Waals surface area (Å²) >= 11 is 3.23. The highest BCUT2D eigenvalue weighted by atomic mass is 79.9. The Morgan fingerprint density at radius 1 is 1.24 bits per heavy atom. The van der Waals surface area contributed by atoms with Crippen molar-refractivity contribution in [2.45, 2.75) is 6.54 Å². The number of hydrogen-bond acceptors (Lipinski definition) is 3. The zero-order valence-corrected chi connectivity index (χ0v) is 12.2. The van der Waals surface area contributed by atoms with Gasteiger partial charge in [0.05, 0.1) is 16.9 Å². The van der Waals surface area contributed by atoms with Crippen LogP contribution in [-0.2, 0) is 6.54 Å². The van der Waals surface area contributed by atoms with Crippen LogP contribution < -0.4 is 11.1 Å². The molecule has 0 aliphatic rings. The number of anilines is 2. The molecule has 2 rings (SSSR count). The molecule has 7 heteroatoms. The van der Waals surface area contributed by atoms with Gasteiger partial charge in [0.2, 0.25) is 0 Å². The van der Waals surface area contributed by atoms with Gasteiger partial charge >= 0.3 is 5.97 Å². The molecule has 2 aromatic carbocycles. The molecule has 0 aliphatic heterocycles. The average Bonchev–Trinajstić information content (AvgIpc) is 2.42. The van der Waals surface area contributed by atoms with Gasteiger partial charge in [0, 0.05) is 16.6 Å². The molecule has 0 atom stereocenters. The van der Waals surface area contributed by atoms with Gasteiger partial charge in [0.15, 0.2) is 0 Å². The topological polar surface area (TPSA) is 75.4 Å². The van der Waals surface area contributed by atoms with Gasteiger partial charge in [-0.15, -0.1) is 0 Å². The van der Waals surface area contributed by atoms with Crippen molar-refractivity contribution in [3.05, 3.63) is 57.6 Å². The molecule has 0 aliphatic carbocycles. The van der Waals surface area contributed by atoms with Crippen molar-refractivity contribution < 1.29 is 18.7 Å². The van der Waals surface area contributed by atoms with Crippen LogP contribution in [0.5, 0.6) is 0 Å². The van der Waals surface area contributed by atoms with E-state index in [0.717, 1.165) is 12.1 Å². The quantitative estimate of drug-likeness (QED) is 0.731. The van der Waals surface area contributed by atoms with E-state index in [4.69, 9.17) is 10.8 Å². The fourth-order valence-corrected chi connectivity index (χ4v) is 2.18. The molecule has 4 N–H and O–H groups in total. The Hall–Kier alpha value is -2.15. The Morgan fingerprint density at radius 3 is 2.62 bits per heavy atom. The fourth-order valence-electron chi connectivity index (χ4n) is 1.78. The van der Waals surface area contributed by atoms with Crippen molar-refractivity contribution >= 4 is 33.3 Å². The van der Waals surface area contributed by atoms with Crippen molar-refractivity contribution in [2.24, 2.45) is 0 Å². The van der Waals surface area contributed by atoms with E-state index in [1.807, 2.05) is 0 Å². The van der Waals surface area contributed by atoms with Crippen LogP contribution in [0.15, 0.2) is 34.8 Å². The van der Waals surface area contributed by atoms with Crippen LogP contribution in [-0.4, -0.2) is 11.1 Å². The Labute approximate surface area is 127 Å². The predicted octanol–water partition coefficient (Wildman–Crippen LogP) is 3.62. The summed E-state index contributed by atoms with van der Waals surface area (Å²) in [7, 11) is 0. The normalized spacial score (nSPS) is 10.4. The third-order valence-electron chi connectivity index (χ3n) is 2.85. The minimum absolute atomic E-state index is 0.0733. The van der Waals surface area contributed by atoms with Gasteiger partial charge in [-0.25, -0.2) is 13.6 Å². The molecule has 0 spiro atoms. The molecule has 0 radical (unpaired) electrons. The third-order valence-corrected chi connectivity index (χ3v) is 3.34. The summed E-state index contributed by atoms with van der Waals surface area (Å²) in [6.07, 6.45) is 0. The smallest absolute Gasteiger partial charge is 0.338 e. The number of benzene rings is 2. The molecule has 21 heavy (non-hydrogen) atoms. The van der Waals surface area contributed by atoms with Gasteiger partial charge in [0.25, 0.3) is 0 Å². The number of carboxylic acids is 1. The first kappa shape index (κ1) is 15.2. The van der Waals surface area contributed by atoms with Crippen LogP contribution in [0.25, 0.3) is 0 Å². The maximum Gasteiger partial charge on any atom is 0.338 e.